The van der Waals surface area contributed by atoms with Gasteiger partial charge in [0, 0.05) is 16.2 Å². The molecule has 9 aromatic carbocycles. The van der Waals surface area contributed by atoms with Crippen molar-refractivity contribution in [1.29, 1.82) is 0 Å². The maximum absolute atomic E-state index is 9.04. The average Bonchev–Trinajstić information content (AvgIpc) is 3.60. The molecular weight excluding hydrogens is 569 g/mol. The van der Waals surface area contributed by atoms with Gasteiger partial charge in [-0.15, -0.1) is 0 Å². The molecule has 0 aliphatic heterocycles. The first-order chi connectivity index (χ1) is 26.2. The Labute approximate surface area is 281 Å². The van der Waals surface area contributed by atoms with E-state index in [1.54, 1.807) is 0 Å². The van der Waals surface area contributed by atoms with Gasteiger partial charge in [0.2, 0.25) is 0 Å². The van der Waals surface area contributed by atoms with Crippen LogP contribution in [0.25, 0.3) is 98.4 Å². The molecule has 1 heteroatoms. The Balaban J connectivity index is 1.20. The van der Waals surface area contributed by atoms with E-state index in [0.29, 0.717) is 5.56 Å². The van der Waals surface area contributed by atoms with E-state index in [9.17, 15) is 0 Å². The van der Waals surface area contributed by atoms with Crippen LogP contribution < -0.4 is 0 Å². The summed E-state index contributed by atoms with van der Waals surface area (Å²) >= 11 is 0. The summed E-state index contributed by atoms with van der Waals surface area (Å²) in [5.74, 6) is 0. The first-order valence-electron chi connectivity index (χ1n) is 19.1. The van der Waals surface area contributed by atoms with Crippen molar-refractivity contribution in [2.75, 3.05) is 0 Å². The molecule has 1 heterocycles. The van der Waals surface area contributed by atoms with Crippen LogP contribution in [0.15, 0.2) is 174 Å². The first kappa shape index (κ1) is 20.0. The lowest BCUT2D eigenvalue weighted by molar-refractivity contribution is 0.673. The van der Waals surface area contributed by atoms with E-state index < -0.39 is 18.1 Å². The van der Waals surface area contributed by atoms with Gasteiger partial charge in [0.15, 0.2) is 0 Å². The topological polar surface area (TPSA) is 13.1 Å². The van der Waals surface area contributed by atoms with Crippen molar-refractivity contribution in [3.8, 4) is 33.4 Å². The smallest absolute Gasteiger partial charge is 0.143 e. The summed E-state index contributed by atoms with van der Waals surface area (Å²) in [7, 11) is 0. The molecule has 10 aromatic rings. The van der Waals surface area contributed by atoms with Gasteiger partial charge in [-0.05, 0) is 89.3 Å². The standard InChI is InChI=1S/C46H28O/c1-2-12-33-28-34(25-22-29(33)10-1)30-20-23-32(24-21-30)43-36-14-5-7-16-38(36)44(39-17-8-6-15-37(39)43)40-18-9-19-42-45(40)41-27-26-31-11-3-4-13-35(31)46(41)47-42/h1-28H/i1D,2D,10D,12D,22D,25D,28D. The molecule has 47 heavy (non-hydrogen) atoms. The quantitative estimate of drug-likeness (QED) is 0.183. The maximum Gasteiger partial charge on any atom is 0.143 e. The van der Waals surface area contributed by atoms with E-state index >= 15 is 0 Å². The van der Waals surface area contributed by atoms with Gasteiger partial charge in [-0.1, -0.05) is 152 Å². The van der Waals surface area contributed by atoms with Crippen molar-refractivity contribution in [3.63, 3.8) is 0 Å². The highest BCUT2D eigenvalue weighted by Crippen LogP contribution is 2.47. The fourth-order valence-electron chi connectivity index (χ4n) is 7.22. The molecule has 0 bridgehead atoms. The molecule has 0 saturated carbocycles. The summed E-state index contributed by atoms with van der Waals surface area (Å²) in [6.45, 7) is 0. The summed E-state index contributed by atoms with van der Waals surface area (Å²) in [4.78, 5) is 0. The van der Waals surface area contributed by atoms with Crippen LogP contribution >= 0.6 is 0 Å². The van der Waals surface area contributed by atoms with E-state index in [-0.39, 0.29) is 40.5 Å². The summed E-state index contributed by atoms with van der Waals surface area (Å²) in [5, 5.41) is 8.47. The molecule has 10 rings (SSSR count). The SMILES string of the molecule is [2H]c1c([2H])c([2H])c2c([2H])c(-c3ccc(-c4c5ccccc5c(-c5cccc6oc7c8ccccc8ccc7c56)c5ccccc45)cc3)c([2H])c([2H])c2c1[2H]. The predicted molar refractivity (Wildman–Crippen MR) is 200 cm³/mol. The van der Waals surface area contributed by atoms with Crippen LogP contribution in [0.5, 0.6) is 0 Å². The number of furan rings is 1. The highest BCUT2D eigenvalue weighted by molar-refractivity contribution is 6.27. The minimum absolute atomic E-state index is 0.0535. The fraction of sp³-hybridized carbons (Fsp3) is 0. The minimum atomic E-state index is -0.481. The van der Waals surface area contributed by atoms with Crippen molar-refractivity contribution >= 4 is 65.0 Å². The Morgan fingerprint density at radius 1 is 0.404 bits per heavy atom. The van der Waals surface area contributed by atoms with Crippen molar-refractivity contribution in [3.05, 3.63) is 170 Å². The molecule has 0 aliphatic carbocycles. The average molecular weight is 604 g/mol. The van der Waals surface area contributed by atoms with Crippen LogP contribution in [-0.2, 0) is 0 Å². The lowest BCUT2D eigenvalue weighted by atomic mass is 9.84. The second kappa shape index (κ2) is 10.2. The number of benzene rings is 9. The summed E-state index contributed by atoms with van der Waals surface area (Å²) in [5.41, 5.74) is 6.55. The molecule has 0 fully saturated rings. The molecule has 0 amide bonds. The first-order valence-corrected chi connectivity index (χ1v) is 15.6. The Morgan fingerprint density at radius 2 is 1.04 bits per heavy atom. The van der Waals surface area contributed by atoms with E-state index in [0.717, 1.165) is 76.5 Å². The van der Waals surface area contributed by atoms with Gasteiger partial charge in [0.05, 0.1) is 9.60 Å². The van der Waals surface area contributed by atoms with Crippen LogP contribution in [0, 0.1) is 0 Å². The van der Waals surface area contributed by atoms with Crippen LogP contribution in [0.1, 0.15) is 9.60 Å². The summed E-state index contributed by atoms with van der Waals surface area (Å²) < 4.78 is 66.4. The third-order valence-corrected chi connectivity index (χ3v) is 9.30. The fourth-order valence-corrected chi connectivity index (χ4v) is 7.22. The molecular formula is C46H28O. The third-order valence-electron chi connectivity index (χ3n) is 9.30. The van der Waals surface area contributed by atoms with E-state index in [1.165, 1.54) is 0 Å². The Hall–Kier alpha value is -6.18. The molecule has 0 aliphatic rings. The molecule has 0 N–H and O–H groups in total. The van der Waals surface area contributed by atoms with Crippen molar-refractivity contribution in [2.45, 2.75) is 0 Å². The van der Waals surface area contributed by atoms with Gasteiger partial charge in [-0.25, -0.2) is 0 Å². The van der Waals surface area contributed by atoms with Crippen molar-refractivity contribution < 1.29 is 14.0 Å². The van der Waals surface area contributed by atoms with E-state index in [4.69, 9.17) is 14.0 Å². The zero-order valence-electron chi connectivity index (χ0n) is 32.0. The summed E-state index contributed by atoms with van der Waals surface area (Å²) in [6, 6.07) is 40.8. The van der Waals surface area contributed by atoms with Crippen LogP contribution in [0.4, 0.5) is 0 Å². The number of hydrogen-bond donors (Lipinski definition) is 0. The maximum atomic E-state index is 9.04. The third kappa shape index (κ3) is 3.97. The Kier molecular flexibility index (Phi) is 4.34. The van der Waals surface area contributed by atoms with Crippen LogP contribution in [0.3, 0.4) is 0 Å². The second-order valence-electron chi connectivity index (χ2n) is 11.9. The molecule has 0 saturated heterocycles. The number of fused-ring (bicyclic) bond motifs is 8. The molecule has 1 nitrogen and oxygen atoms in total. The Bertz CT molecular complexity index is 3180. The number of hydrogen-bond acceptors (Lipinski definition) is 1. The summed E-state index contributed by atoms with van der Waals surface area (Å²) in [6.07, 6.45) is 0. The van der Waals surface area contributed by atoms with Crippen LogP contribution in [-0.4, -0.2) is 0 Å². The van der Waals surface area contributed by atoms with Crippen LogP contribution in [0.2, 0.25) is 0 Å². The van der Waals surface area contributed by atoms with Gasteiger partial charge in [-0.3, -0.25) is 0 Å². The minimum Gasteiger partial charge on any atom is -0.455 e. The van der Waals surface area contributed by atoms with Gasteiger partial charge in [0.25, 0.3) is 0 Å². The zero-order chi connectivity index (χ0) is 37.0. The molecule has 0 radical (unpaired) electrons. The highest BCUT2D eigenvalue weighted by Gasteiger charge is 2.20. The van der Waals surface area contributed by atoms with Gasteiger partial charge >= 0.3 is 0 Å². The van der Waals surface area contributed by atoms with E-state index in [1.807, 2.05) is 54.6 Å². The molecule has 0 atom stereocenters. The normalized spacial score (nSPS) is 13.9. The highest BCUT2D eigenvalue weighted by atomic mass is 16.3. The zero-order valence-corrected chi connectivity index (χ0v) is 25.0. The molecule has 218 valence electrons. The lowest BCUT2D eigenvalue weighted by Crippen LogP contribution is -1.91. The van der Waals surface area contributed by atoms with Gasteiger partial charge < -0.3 is 4.42 Å². The number of rotatable bonds is 3. The van der Waals surface area contributed by atoms with Crippen molar-refractivity contribution in [2.24, 2.45) is 0 Å². The van der Waals surface area contributed by atoms with Crippen molar-refractivity contribution in [1.82, 2.24) is 0 Å². The molecule has 1 aromatic heterocycles. The van der Waals surface area contributed by atoms with E-state index in [2.05, 4.69) is 72.8 Å². The van der Waals surface area contributed by atoms with Gasteiger partial charge in [0.1, 0.15) is 11.2 Å². The monoisotopic (exact) mass is 603 g/mol. The largest absolute Gasteiger partial charge is 0.455 e. The predicted octanol–water partition coefficient (Wildman–Crippen LogP) is 13.2. The molecule has 0 unspecified atom stereocenters. The van der Waals surface area contributed by atoms with Gasteiger partial charge in [-0.2, -0.15) is 0 Å². The molecule has 0 spiro atoms. The Morgan fingerprint density at radius 3 is 1.79 bits per heavy atom. The lowest BCUT2D eigenvalue weighted by Gasteiger charge is -2.18. The second-order valence-corrected chi connectivity index (χ2v) is 11.9.